The molecule has 1 aliphatic carbocycles. The SMILES string of the molecule is CN1C(=O)[C@H](N=[N+]=[N-])[C@@H](c2ccccc2)O[C@H]2CCCC[C@H]21. The molecule has 1 saturated heterocycles. The summed E-state index contributed by atoms with van der Waals surface area (Å²) in [7, 11) is 1.79. The van der Waals surface area contributed by atoms with Gasteiger partial charge in [0.15, 0.2) is 0 Å². The number of benzene rings is 1. The Balaban J connectivity index is 2.01. The zero-order valence-corrected chi connectivity index (χ0v) is 12.6. The maximum absolute atomic E-state index is 12.8. The number of carbonyl (C=O) groups excluding carboxylic acids is 1. The third-order valence-corrected chi connectivity index (χ3v) is 4.68. The highest BCUT2D eigenvalue weighted by Crippen LogP contribution is 2.36. The van der Waals surface area contributed by atoms with E-state index < -0.39 is 12.1 Å². The van der Waals surface area contributed by atoms with Crippen LogP contribution >= 0.6 is 0 Å². The second-order valence-electron chi connectivity index (χ2n) is 5.96. The quantitative estimate of drug-likeness (QED) is 0.477. The number of amides is 1. The zero-order valence-electron chi connectivity index (χ0n) is 12.6. The van der Waals surface area contributed by atoms with Gasteiger partial charge in [-0.2, -0.15) is 0 Å². The van der Waals surface area contributed by atoms with E-state index in [1.165, 1.54) is 0 Å². The predicted molar refractivity (Wildman–Crippen MR) is 82.0 cm³/mol. The highest BCUT2D eigenvalue weighted by atomic mass is 16.5. The Hall–Kier alpha value is -2.04. The van der Waals surface area contributed by atoms with E-state index in [9.17, 15) is 4.79 Å². The summed E-state index contributed by atoms with van der Waals surface area (Å²) in [6, 6.07) is 8.80. The smallest absolute Gasteiger partial charge is 0.234 e. The van der Waals surface area contributed by atoms with Gasteiger partial charge in [-0.15, -0.1) is 0 Å². The van der Waals surface area contributed by atoms with Crippen molar-refractivity contribution in [2.75, 3.05) is 7.05 Å². The normalized spacial score (nSPS) is 31.9. The van der Waals surface area contributed by atoms with E-state index in [1.807, 2.05) is 30.3 Å². The Bertz CT molecular complexity index is 585. The summed E-state index contributed by atoms with van der Waals surface area (Å²) in [5.74, 6) is -0.152. The molecule has 6 nitrogen and oxygen atoms in total. The molecular weight excluding hydrogens is 280 g/mol. The predicted octanol–water partition coefficient (Wildman–Crippen LogP) is 3.21. The second kappa shape index (κ2) is 6.38. The van der Waals surface area contributed by atoms with Crippen LogP contribution in [0.1, 0.15) is 37.4 Å². The van der Waals surface area contributed by atoms with Crippen LogP contribution in [0, 0.1) is 0 Å². The van der Waals surface area contributed by atoms with Gasteiger partial charge in [-0.1, -0.05) is 48.3 Å². The monoisotopic (exact) mass is 300 g/mol. The molecule has 0 N–H and O–H groups in total. The molecule has 22 heavy (non-hydrogen) atoms. The van der Waals surface area contributed by atoms with Crippen LogP contribution in [0.15, 0.2) is 35.4 Å². The fourth-order valence-electron chi connectivity index (χ4n) is 3.51. The average molecular weight is 300 g/mol. The van der Waals surface area contributed by atoms with E-state index in [1.54, 1.807) is 11.9 Å². The molecule has 1 aliphatic heterocycles. The van der Waals surface area contributed by atoms with E-state index in [0.717, 1.165) is 31.2 Å². The standard InChI is InChI=1S/C16H20N4O2/c1-20-12-9-5-6-10-13(12)22-15(11-7-3-2-4-8-11)14(16(20)21)18-19-17/h2-4,7-8,12-15H,5-6,9-10H2,1H3/t12-,13+,14-,15-/m1/s1. The molecule has 0 radical (unpaired) electrons. The molecule has 2 aliphatic rings. The molecule has 1 amide bonds. The Morgan fingerprint density at radius 2 is 2.00 bits per heavy atom. The lowest BCUT2D eigenvalue weighted by Gasteiger charge is -2.35. The molecule has 1 aromatic carbocycles. The van der Waals surface area contributed by atoms with Crippen LogP contribution in [-0.2, 0) is 9.53 Å². The summed E-state index contributed by atoms with van der Waals surface area (Å²) in [6.07, 6.45) is 3.58. The molecule has 4 atom stereocenters. The lowest BCUT2D eigenvalue weighted by molar-refractivity contribution is -0.133. The van der Waals surface area contributed by atoms with Crippen molar-refractivity contribution >= 4 is 5.91 Å². The number of hydrogen-bond donors (Lipinski definition) is 0. The van der Waals surface area contributed by atoms with E-state index >= 15 is 0 Å². The molecule has 0 unspecified atom stereocenters. The summed E-state index contributed by atoms with van der Waals surface area (Å²) in [5, 5.41) is 3.76. The summed E-state index contributed by atoms with van der Waals surface area (Å²) in [5.41, 5.74) is 9.75. The first-order valence-electron chi connectivity index (χ1n) is 7.73. The molecule has 1 saturated carbocycles. The van der Waals surface area contributed by atoms with Crippen molar-refractivity contribution in [2.45, 2.75) is 50.0 Å². The molecule has 0 aromatic heterocycles. The van der Waals surface area contributed by atoms with Crippen molar-refractivity contribution in [3.63, 3.8) is 0 Å². The van der Waals surface area contributed by atoms with Gasteiger partial charge in [-0.25, -0.2) is 0 Å². The number of azide groups is 1. The molecule has 1 heterocycles. The van der Waals surface area contributed by atoms with Crippen LogP contribution in [0.25, 0.3) is 10.4 Å². The Labute approximate surface area is 129 Å². The third-order valence-electron chi connectivity index (χ3n) is 4.68. The van der Waals surface area contributed by atoms with Crippen molar-refractivity contribution in [1.82, 2.24) is 4.90 Å². The molecule has 0 bridgehead atoms. The van der Waals surface area contributed by atoms with Gasteiger partial charge in [0.25, 0.3) is 0 Å². The molecule has 6 heteroatoms. The Kier molecular flexibility index (Phi) is 4.32. The summed E-state index contributed by atoms with van der Waals surface area (Å²) >= 11 is 0. The van der Waals surface area contributed by atoms with Crippen molar-refractivity contribution in [3.05, 3.63) is 46.3 Å². The van der Waals surface area contributed by atoms with Crippen molar-refractivity contribution < 1.29 is 9.53 Å². The van der Waals surface area contributed by atoms with E-state index in [4.69, 9.17) is 10.3 Å². The van der Waals surface area contributed by atoms with Gasteiger partial charge in [0, 0.05) is 12.0 Å². The van der Waals surface area contributed by atoms with Crippen LogP contribution in [0.2, 0.25) is 0 Å². The second-order valence-corrected chi connectivity index (χ2v) is 5.96. The van der Waals surface area contributed by atoms with Gasteiger partial charge in [-0.05, 0) is 23.9 Å². The lowest BCUT2D eigenvalue weighted by Crippen LogP contribution is -2.46. The largest absolute Gasteiger partial charge is 0.367 e. The molecular formula is C16H20N4O2. The maximum atomic E-state index is 12.8. The molecule has 0 spiro atoms. The van der Waals surface area contributed by atoms with Crippen molar-refractivity contribution in [2.24, 2.45) is 5.11 Å². The van der Waals surface area contributed by atoms with Crippen LogP contribution in [0.5, 0.6) is 0 Å². The van der Waals surface area contributed by atoms with Gasteiger partial charge in [0.2, 0.25) is 5.91 Å². The molecule has 3 rings (SSSR count). The van der Waals surface area contributed by atoms with Crippen LogP contribution in [-0.4, -0.2) is 36.0 Å². The zero-order chi connectivity index (χ0) is 15.5. The number of carbonyl (C=O) groups is 1. The van der Waals surface area contributed by atoms with E-state index in [2.05, 4.69) is 10.0 Å². The Morgan fingerprint density at radius 3 is 2.73 bits per heavy atom. The first-order chi connectivity index (χ1) is 10.7. The van der Waals surface area contributed by atoms with Gasteiger partial charge in [0.1, 0.15) is 12.1 Å². The fourth-order valence-corrected chi connectivity index (χ4v) is 3.51. The molecule has 2 fully saturated rings. The summed E-state index contributed by atoms with van der Waals surface area (Å²) < 4.78 is 6.28. The minimum atomic E-state index is -0.844. The highest BCUT2D eigenvalue weighted by molar-refractivity contribution is 5.83. The average Bonchev–Trinajstić information content (AvgIpc) is 2.67. The summed E-state index contributed by atoms with van der Waals surface area (Å²) in [6.45, 7) is 0. The van der Waals surface area contributed by atoms with Crippen LogP contribution < -0.4 is 0 Å². The number of fused-ring (bicyclic) bond motifs is 1. The van der Waals surface area contributed by atoms with Gasteiger partial charge >= 0.3 is 0 Å². The summed E-state index contributed by atoms with van der Waals surface area (Å²) in [4.78, 5) is 17.4. The van der Waals surface area contributed by atoms with Crippen molar-refractivity contribution in [3.8, 4) is 0 Å². The van der Waals surface area contributed by atoms with Crippen molar-refractivity contribution in [1.29, 1.82) is 0 Å². The minimum Gasteiger partial charge on any atom is -0.367 e. The van der Waals surface area contributed by atoms with Crippen LogP contribution in [0.4, 0.5) is 0 Å². The topological polar surface area (TPSA) is 78.3 Å². The van der Waals surface area contributed by atoms with Crippen LogP contribution in [0.3, 0.4) is 0 Å². The molecule has 1 aromatic rings. The number of hydrogen-bond acceptors (Lipinski definition) is 3. The third kappa shape index (κ3) is 2.67. The number of rotatable bonds is 2. The molecule has 116 valence electrons. The van der Waals surface area contributed by atoms with Gasteiger partial charge in [-0.3, -0.25) is 4.79 Å². The Morgan fingerprint density at radius 1 is 1.27 bits per heavy atom. The lowest BCUT2D eigenvalue weighted by atomic mass is 9.91. The number of likely N-dealkylation sites (N-methyl/N-ethyl adjacent to an activating group) is 1. The first-order valence-corrected chi connectivity index (χ1v) is 7.73. The van der Waals surface area contributed by atoms with E-state index in [0.29, 0.717) is 0 Å². The fraction of sp³-hybridized carbons (Fsp3) is 0.562. The maximum Gasteiger partial charge on any atom is 0.234 e. The first kappa shape index (κ1) is 14.9. The van der Waals surface area contributed by atoms with Gasteiger partial charge < -0.3 is 9.64 Å². The highest BCUT2D eigenvalue weighted by Gasteiger charge is 2.43. The number of nitrogens with zero attached hydrogens (tertiary/aromatic N) is 4. The van der Waals surface area contributed by atoms with Gasteiger partial charge in [0.05, 0.1) is 12.1 Å². The van der Waals surface area contributed by atoms with E-state index in [-0.39, 0.29) is 18.1 Å². The number of ether oxygens (including phenoxy) is 1. The minimum absolute atomic E-state index is 0.00630.